The number of thiophene rings is 1. The van der Waals surface area contributed by atoms with Crippen LogP contribution < -0.4 is 5.73 Å². The molecule has 1 aromatic carbocycles. The van der Waals surface area contributed by atoms with Crippen molar-refractivity contribution in [3.05, 3.63) is 36.0 Å². The van der Waals surface area contributed by atoms with E-state index in [1.165, 1.54) is 23.1 Å². The van der Waals surface area contributed by atoms with Crippen molar-refractivity contribution in [3.8, 4) is 9.88 Å². The van der Waals surface area contributed by atoms with Crippen LogP contribution in [0.4, 0.5) is 5.00 Å². The number of carbonyl (C=O) groups is 1. The van der Waals surface area contributed by atoms with Crippen molar-refractivity contribution in [1.29, 1.82) is 0 Å². The number of nitrogens with zero attached hydrogens (tertiary/aromatic N) is 1. The molecule has 0 aliphatic rings. The van der Waals surface area contributed by atoms with Gasteiger partial charge >= 0.3 is 5.97 Å². The minimum Gasteiger partial charge on any atom is -0.464 e. The Bertz CT molecular complexity index is 728. The molecule has 0 amide bonds. The van der Waals surface area contributed by atoms with E-state index >= 15 is 0 Å². The number of hydrogen-bond acceptors (Lipinski definition) is 6. The minimum atomic E-state index is -0.499. The summed E-state index contributed by atoms with van der Waals surface area (Å²) >= 11 is 2.93. The molecule has 2 N–H and O–H groups in total. The van der Waals surface area contributed by atoms with Gasteiger partial charge < -0.3 is 10.5 Å². The molecule has 0 saturated carbocycles. The van der Waals surface area contributed by atoms with Crippen LogP contribution in [0.15, 0.2) is 30.3 Å². The number of nitrogen functional groups attached to an aromatic ring is 1. The first-order chi connectivity index (χ1) is 9.19. The number of esters is 1. The number of carbonyl (C=O) groups excluding carboxylic acids is 1. The first-order valence-corrected chi connectivity index (χ1v) is 7.16. The molecule has 0 aliphatic heterocycles. The van der Waals surface area contributed by atoms with Gasteiger partial charge in [-0.05, 0) is 17.5 Å². The smallest absolute Gasteiger partial charge is 0.359 e. The number of anilines is 1. The highest BCUT2D eigenvalue weighted by atomic mass is 32.1. The molecule has 0 unspecified atom stereocenters. The average Bonchev–Trinajstić information content (AvgIpc) is 3.00. The zero-order valence-corrected chi connectivity index (χ0v) is 11.7. The van der Waals surface area contributed by atoms with Crippen LogP contribution in [-0.4, -0.2) is 18.1 Å². The van der Waals surface area contributed by atoms with Crippen molar-refractivity contribution in [3.63, 3.8) is 0 Å². The lowest BCUT2D eigenvalue weighted by molar-refractivity contribution is 0.0596. The summed E-state index contributed by atoms with van der Waals surface area (Å²) in [7, 11) is 1.32. The normalized spacial score (nSPS) is 10.8. The molecule has 6 heteroatoms. The molecular weight excluding hydrogens is 280 g/mol. The summed E-state index contributed by atoms with van der Waals surface area (Å²) < 4.78 is 5.84. The fourth-order valence-corrected chi connectivity index (χ4v) is 3.70. The summed E-state index contributed by atoms with van der Waals surface area (Å²) in [5, 5.41) is 2.30. The highest BCUT2D eigenvalue weighted by molar-refractivity contribution is 7.27. The van der Waals surface area contributed by atoms with Crippen molar-refractivity contribution in [2.45, 2.75) is 0 Å². The summed E-state index contributed by atoms with van der Waals surface area (Å²) in [5.74, 6) is -0.499. The molecule has 2 heterocycles. The van der Waals surface area contributed by atoms with Gasteiger partial charge in [0.05, 0.1) is 12.0 Å². The molecule has 0 spiro atoms. The predicted octanol–water partition coefficient (Wildman–Crippen LogP) is 3.39. The van der Waals surface area contributed by atoms with Gasteiger partial charge in [0.2, 0.25) is 0 Å². The van der Waals surface area contributed by atoms with Gasteiger partial charge in [-0.25, -0.2) is 9.78 Å². The number of benzene rings is 1. The first kappa shape index (κ1) is 12.1. The molecule has 4 nitrogen and oxygen atoms in total. The summed E-state index contributed by atoms with van der Waals surface area (Å²) in [6, 6.07) is 10.2. The largest absolute Gasteiger partial charge is 0.464 e. The molecule has 0 aliphatic carbocycles. The molecule has 2 aromatic heterocycles. The van der Waals surface area contributed by atoms with Crippen LogP contribution in [0.25, 0.3) is 20.0 Å². The third-order valence-corrected chi connectivity index (χ3v) is 4.84. The van der Waals surface area contributed by atoms with Crippen molar-refractivity contribution in [2.24, 2.45) is 0 Å². The second kappa shape index (κ2) is 4.64. The molecule has 3 rings (SSSR count). The lowest BCUT2D eigenvalue weighted by Gasteiger charge is -1.93. The van der Waals surface area contributed by atoms with E-state index < -0.39 is 5.97 Å². The van der Waals surface area contributed by atoms with E-state index in [0.717, 1.165) is 15.3 Å². The molecule has 0 saturated heterocycles. The average molecular weight is 290 g/mol. The number of nitrogens with two attached hydrogens (primary N) is 1. The van der Waals surface area contributed by atoms with Gasteiger partial charge in [0.1, 0.15) is 10.0 Å². The lowest BCUT2D eigenvalue weighted by atomic mass is 10.2. The highest BCUT2D eigenvalue weighted by Crippen LogP contribution is 2.37. The second-order valence-electron chi connectivity index (χ2n) is 3.87. The first-order valence-electron chi connectivity index (χ1n) is 5.52. The summed E-state index contributed by atoms with van der Waals surface area (Å²) in [4.78, 5) is 16.8. The zero-order chi connectivity index (χ0) is 13.4. The van der Waals surface area contributed by atoms with Crippen LogP contribution in [0.5, 0.6) is 0 Å². The van der Waals surface area contributed by atoms with E-state index in [9.17, 15) is 4.79 Å². The maximum absolute atomic E-state index is 11.5. The van der Waals surface area contributed by atoms with E-state index in [1.54, 1.807) is 11.3 Å². The SMILES string of the molecule is COC(=O)c1nc(-c2cc3ccccc3s2)sc1N. The topological polar surface area (TPSA) is 65.2 Å². The Hall–Kier alpha value is -1.92. The lowest BCUT2D eigenvalue weighted by Crippen LogP contribution is -2.04. The van der Waals surface area contributed by atoms with Gasteiger partial charge in [-0.1, -0.05) is 29.5 Å². The number of aromatic nitrogens is 1. The summed E-state index contributed by atoms with van der Waals surface area (Å²) in [6.07, 6.45) is 0. The van der Waals surface area contributed by atoms with Gasteiger partial charge in [0, 0.05) is 4.70 Å². The molecule has 0 bridgehead atoms. The third-order valence-electron chi connectivity index (χ3n) is 2.67. The third kappa shape index (κ3) is 2.09. The van der Waals surface area contributed by atoms with Gasteiger partial charge in [0.15, 0.2) is 5.69 Å². The summed E-state index contributed by atoms with van der Waals surface area (Å²) in [6.45, 7) is 0. The van der Waals surface area contributed by atoms with Crippen LogP contribution in [0.1, 0.15) is 10.5 Å². The fraction of sp³-hybridized carbons (Fsp3) is 0.0769. The van der Waals surface area contributed by atoms with Gasteiger partial charge in [0.25, 0.3) is 0 Å². The quantitative estimate of drug-likeness (QED) is 0.735. The van der Waals surface area contributed by atoms with Crippen LogP contribution in [0, 0.1) is 0 Å². The monoisotopic (exact) mass is 290 g/mol. The maximum Gasteiger partial charge on any atom is 0.359 e. The maximum atomic E-state index is 11.5. The Morgan fingerprint density at radius 3 is 2.84 bits per heavy atom. The number of ether oxygens (including phenoxy) is 1. The zero-order valence-electron chi connectivity index (χ0n) is 10.0. The fourth-order valence-electron chi connectivity index (χ4n) is 1.77. The molecule has 19 heavy (non-hydrogen) atoms. The Morgan fingerprint density at radius 1 is 1.32 bits per heavy atom. The van der Waals surface area contributed by atoms with E-state index in [-0.39, 0.29) is 5.69 Å². The molecular formula is C13H10N2O2S2. The van der Waals surface area contributed by atoms with Gasteiger partial charge in [-0.15, -0.1) is 11.3 Å². The molecule has 0 atom stereocenters. The van der Waals surface area contributed by atoms with Crippen LogP contribution >= 0.6 is 22.7 Å². The molecule has 0 radical (unpaired) electrons. The minimum absolute atomic E-state index is 0.194. The molecule has 0 fully saturated rings. The van der Waals surface area contributed by atoms with E-state index in [4.69, 9.17) is 5.73 Å². The number of thiazole rings is 1. The summed E-state index contributed by atoms with van der Waals surface area (Å²) in [5.41, 5.74) is 6.00. The van der Waals surface area contributed by atoms with Crippen molar-refractivity contribution >= 4 is 43.7 Å². The standard InChI is InChI=1S/C13H10N2O2S2/c1-17-13(16)10-11(14)19-12(15-10)9-6-7-4-2-3-5-8(7)18-9/h2-6H,14H2,1H3. The number of fused-ring (bicyclic) bond motifs is 1. The van der Waals surface area contributed by atoms with Crippen molar-refractivity contribution in [1.82, 2.24) is 4.98 Å². The van der Waals surface area contributed by atoms with E-state index in [0.29, 0.717) is 5.00 Å². The van der Waals surface area contributed by atoms with Crippen LogP contribution in [0.2, 0.25) is 0 Å². The Morgan fingerprint density at radius 2 is 2.11 bits per heavy atom. The highest BCUT2D eigenvalue weighted by Gasteiger charge is 2.18. The Kier molecular flexibility index (Phi) is 2.96. The van der Waals surface area contributed by atoms with Gasteiger partial charge in [-0.3, -0.25) is 0 Å². The van der Waals surface area contributed by atoms with E-state index in [2.05, 4.69) is 21.9 Å². The predicted molar refractivity (Wildman–Crippen MR) is 78.7 cm³/mol. The van der Waals surface area contributed by atoms with E-state index in [1.807, 2.05) is 18.2 Å². The van der Waals surface area contributed by atoms with Crippen LogP contribution in [0.3, 0.4) is 0 Å². The Labute approximate surface area is 117 Å². The molecule has 96 valence electrons. The number of rotatable bonds is 2. The van der Waals surface area contributed by atoms with Gasteiger partial charge in [-0.2, -0.15) is 0 Å². The number of methoxy groups -OCH3 is 1. The van der Waals surface area contributed by atoms with Crippen LogP contribution in [-0.2, 0) is 4.74 Å². The second-order valence-corrected chi connectivity index (χ2v) is 5.99. The number of hydrogen-bond donors (Lipinski definition) is 1. The van der Waals surface area contributed by atoms with Crippen molar-refractivity contribution < 1.29 is 9.53 Å². The van der Waals surface area contributed by atoms with Crippen molar-refractivity contribution in [2.75, 3.05) is 12.8 Å². The Balaban J connectivity index is 2.09. The molecule has 3 aromatic rings.